The fraction of sp³-hybridized carbons (Fsp3) is 0. The predicted octanol–water partition coefficient (Wildman–Crippen LogP) is 5.76. The highest BCUT2D eigenvalue weighted by molar-refractivity contribution is 7.22. The van der Waals surface area contributed by atoms with E-state index in [1.165, 1.54) is 30.7 Å². The van der Waals surface area contributed by atoms with Gasteiger partial charge in [0.25, 0.3) is 5.91 Å². The Bertz CT molecular complexity index is 1220. The predicted molar refractivity (Wildman–Crippen MR) is 114 cm³/mol. The summed E-state index contributed by atoms with van der Waals surface area (Å²) in [5.41, 5.74) is 1.27. The van der Waals surface area contributed by atoms with Gasteiger partial charge in [-0.2, -0.15) is 10.1 Å². The van der Waals surface area contributed by atoms with Crippen LogP contribution >= 0.6 is 22.9 Å². The molecule has 1 amide bonds. The molecule has 0 spiro atoms. The van der Waals surface area contributed by atoms with Crippen LogP contribution in [0, 0.1) is 5.82 Å². The molecule has 2 aromatic carbocycles. The summed E-state index contributed by atoms with van der Waals surface area (Å²) >= 11 is 7.30. The van der Waals surface area contributed by atoms with Crippen LogP contribution in [0.4, 0.5) is 9.52 Å². The number of furan rings is 1. The number of amides is 1. The molecule has 0 aliphatic heterocycles. The van der Waals surface area contributed by atoms with Crippen molar-refractivity contribution in [3.05, 3.63) is 89.1 Å². The monoisotopic (exact) mass is 425 g/mol. The maximum Gasteiger partial charge on any atom is 0.273 e. The van der Waals surface area contributed by atoms with Crippen LogP contribution in [0.25, 0.3) is 16.3 Å². The van der Waals surface area contributed by atoms with Gasteiger partial charge in [-0.3, -0.25) is 4.79 Å². The molecule has 144 valence electrons. The molecule has 5 nitrogen and oxygen atoms in total. The number of carbonyl (C=O) groups is 1. The lowest BCUT2D eigenvalue weighted by Crippen LogP contribution is -2.23. The Morgan fingerprint density at radius 2 is 2.07 bits per heavy atom. The number of hydrogen-bond donors (Lipinski definition) is 0. The molecule has 2 heterocycles. The van der Waals surface area contributed by atoms with Gasteiger partial charge in [0.15, 0.2) is 0 Å². The maximum atomic E-state index is 13.5. The van der Waals surface area contributed by atoms with Gasteiger partial charge in [0.1, 0.15) is 11.6 Å². The Morgan fingerprint density at radius 1 is 1.21 bits per heavy atom. The first kappa shape index (κ1) is 19.0. The number of halogens is 2. The van der Waals surface area contributed by atoms with Gasteiger partial charge in [-0.15, -0.1) is 0 Å². The van der Waals surface area contributed by atoms with Crippen molar-refractivity contribution in [1.29, 1.82) is 0 Å². The van der Waals surface area contributed by atoms with E-state index in [0.29, 0.717) is 31.7 Å². The summed E-state index contributed by atoms with van der Waals surface area (Å²) in [6, 6.07) is 14.8. The number of fused-ring (bicyclic) bond motifs is 1. The first-order valence-electron chi connectivity index (χ1n) is 8.50. The summed E-state index contributed by atoms with van der Waals surface area (Å²) < 4.78 is 19.4. The zero-order valence-electron chi connectivity index (χ0n) is 14.8. The molecular weight excluding hydrogens is 413 g/mol. The number of nitrogens with zero attached hydrogens (tertiary/aromatic N) is 3. The second kappa shape index (κ2) is 8.38. The summed E-state index contributed by atoms with van der Waals surface area (Å²) in [5, 5.41) is 6.19. The van der Waals surface area contributed by atoms with Crippen molar-refractivity contribution in [2.75, 3.05) is 5.01 Å². The topological polar surface area (TPSA) is 58.7 Å². The molecule has 0 N–H and O–H groups in total. The van der Waals surface area contributed by atoms with Crippen LogP contribution in [0.1, 0.15) is 11.3 Å². The molecule has 0 fully saturated rings. The van der Waals surface area contributed by atoms with Crippen molar-refractivity contribution >= 4 is 56.5 Å². The number of hydrogen-bond acceptors (Lipinski definition) is 5. The smallest absolute Gasteiger partial charge is 0.273 e. The van der Waals surface area contributed by atoms with Crippen LogP contribution in [-0.2, 0) is 4.79 Å². The van der Waals surface area contributed by atoms with E-state index in [4.69, 9.17) is 16.0 Å². The highest BCUT2D eigenvalue weighted by atomic mass is 35.5. The number of hydrazone groups is 1. The van der Waals surface area contributed by atoms with Gasteiger partial charge < -0.3 is 4.42 Å². The number of rotatable bonds is 5. The fourth-order valence-electron chi connectivity index (χ4n) is 2.50. The highest BCUT2D eigenvalue weighted by Crippen LogP contribution is 2.30. The number of aromatic nitrogens is 1. The lowest BCUT2D eigenvalue weighted by atomic mass is 10.2. The first-order valence-corrected chi connectivity index (χ1v) is 9.70. The Morgan fingerprint density at radius 3 is 2.86 bits per heavy atom. The number of benzene rings is 2. The Labute approximate surface area is 174 Å². The summed E-state index contributed by atoms with van der Waals surface area (Å²) in [6.45, 7) is 0. The molecule has 0 aliphatic carbocycles. The van der Waals surface area contributed by atoms with Gasteiger partial charge in [0.05, 0.1) is 22.7 Å². The zero-order chi connectivity index (χ0) is 20.2. The van der Waals surface area contributed by atoms with E-state index in [-0.39, 0.29) is 5.82 Å². The molecule has 8 heteroatoms. The van der Waals surface area contributed by atoms with Crippen LogP contribution in [0.15, 0.2) is 76.5 Å². The largest absolute Gasteiger partial charge is 0.463 e. The van der Waals surface area contributed by atoms with Crippen LogP contribution in [0.5, 0.6) is 0 Å². The second-order valence-corrected chi connectivity index (χ2v) is 7.29. The van der Waals surface area contributed by atoms with Crippen molar-refractivity contribution in [3.63, 3.8) is 0 Å². The van der Waals surface area contributed by atoms with Gasteiger partial charge in [0.2, 0.25) is 5.13 Å². The van der Waals surface area contributed by atoms with Crippen LogP contribution in [-0.4, -0.2) is 17.1 Å². The van der Waals surface area contributed by atoms with Gasteiger partial charge in [-0.1, -0.05) is 41.1 Å². The minimum absolute atomic E-state index is 0.308. The lowest BCUT2D eigenvalue weighted by Gasteiger charge is -2.10. The third-order valence-electron chi connectivity index (χ3n) is 3.88. The SMILES string of the molecule is O=C(/C=C/c1ccccc1Cl)N(/N=C/c1ccco1)c1nc2ccc(F)cc2s1. The standard InChI is InChI=1S/C21H13ClFN3O2S/c22-17-6-2-1-4-14(17)7-10-20(27)26(24-13-16-5-3-11-28-16)21-25-18-9-8-15(23)12-19(18)29-21/h1-13H/b10-7+,24-13+. The molecule has 0 radical (unpaired) electrons. The third-order valence-corrected chi connectivity index (χ3v) is 5.22. The molecule has 2 aromatic heterocycles. The third kappa shape index (κ3) is 4.42. The van der Waals surface area contributed by atoms with E-state index >= 15 is 0 Å². The molecule has 0 saturated heterocycles. The molecule has 0 saturated carbocycles. The van der Waals surface area contributed by atoms with Gasteiger partial charge in [0, 0.05) is 11.1 Å². The van der Waals surface area contributed by atoms with E-state index in [2.05, 4.69) is 10.1 Å². The Balaban J connectivity index is 1.69. The minimum atomic E-state index is -0.438. The van der Waals surface area contributed by atoms with Crippen molar-refractivity contribution in [2.24, 2.45) is 5.10 Å². The minimum Gasteiger partial charge on any atom is -0.463 e. The van der Waals surface area contributed by atoms with Crippen molar-refractivity contribution in [2.45, 2.75) is 0 Å². The Kier molecular flexibility index (Phi) is 5.50. The molecular formula is C21H13ClFN3O2S. The van der Waals surface area contributed by atoms with Crippen LogP contribution in [0.3, 0.4) is 0 Å². The Hall–Kier alpha value is -3.29. The summed E-state index contributed by atoms with van der Waals surface area (Å²) in [7, 11) is 0. The molecule has 29 heavy (non-hydrogen) atoms. The average molecular weight is 426 g/mol. The quantitative estimate of drug-likeness (QED) is 0.232. The van der Waals surface area contributed by atoms with E-state index < -0.39 is 5.91 Å². The number of carbonyl (C=O) groups excluding carboxylic acids is 1. The molecule has 4 rings (SSSR count). The first-order chi connectivity index (χ1) is 14.1. The van der Waals surface area contributed by atoms with E-state index in [1.54, 1.807) is 36.4 Å². The van der Waals surface area contributed by atoms with Gasteiger partial charge >= 0.3 is 0 Å². The van der Waals surface area contributed by atoms with E-state index in [0.717, 1.165) is 16.3 Å². The average Bonchev–Trinajstić information content (AvgIpc) is 3.37. The molecule has 0 aliphatic rings. The van der Waals surface area contributed by atoms with E-state index in [9.17, 15) is 9.18 Å². The van der Waals surface area contributed by atoms with Crippen molar-refractivity contribution < 1.29 is 13.6 Å². The fourth-order valence-corrected chi connectivity index (χ4v) is 3.65. The molecule has 4 aromatic rings. The van der Waals surface area contributed by atoms with Gasteiger partial charge in [-0.05, 0) is 48.0 Å². The summed E-state index contributed by atoms with van der Waals surface area (Å²) in [4.78, 5) is 17.3. The maximum absolute atomic E-state index is 13.5. The number of anilines is 1. The van der Waals surface area contributed by atoms with Crippen molar-refractivity contribution in [3.8, 4) is 0 Å². The van der Waals surface area contributed by atoms with Crippen LogP contribution < -0.4 is 5.01 Å². The summed E-state index contributed by atoms with van der Waals surface area (Å²) in [5.74, 6) is -0.333. The highest BCUT2D eigenvalue weighted by Gasteiger charge is 2.18. The van der Waals surface area contributed by atoms with Crippen molar-refractivity contribution in [1.82, 2.24) is 4.98 Å². The lowest BCUT2D eigenvalue weighted by molar-refractivity contribution is -0.114. The molecule has 0 bridgehead atoms. The molecule has 0 atom stereocenters. The van der Waals surface area contributed by atoms with Crippen LogP contribution in [0.2, 0.25) is 5.02 Å². The normalized spacial score (nSPS) is 11.7. The molecule has 0 unspecified atom stereocenters. The zero-order valence-corrected chi connectivity index (χ0v) is 16.4. The van der Waals surface area contributed by atoms with E-state index in [1.807, 2.05) is 12.1 Å². The van der Waals surface area contributed by atoms with Gasteiger partial charge in [-0.25, -0.2) is 9.37 Å². The second-order valence-electron chi connectivity index (χ2n) is 5.87. The summed E-state index contributed by atoms with van der Waals surface area (Å²) in [6.07, 6.45) is 5.87. The number of thiazole rings is 1.